The van der Waals surface area contributed by atoms with E-state index >= 15 is 0 Å². The summed E-state index contributed by atoms with van der Waals surface area (Å²) < 4.78 is 29.6. The zero-order chi connectivity index (χ0) is 15.8. The van der Waals surface area contributed by atoms with Crippen LogP contribution in [-0.2, 0) is 16.6 Å². The SMILES string of the molecule is CCn1nc(C)c(NS(=O)(=O)c2ccc(C)cc2C)c1C. The van der Waals surface area contributed by atoms with Crippen molar-refractivity contribution >= 4 is 15.7 Å². The Bertz CT molecular complexity index is 776. The molecule has 0 atom stereocenters. The minimum Gasteiger partial charge on any atom is -0.276 e. The van der Waals surface area contributed by atoms with Crippen molar-refractivity contribution < 1.29 is 8.42 Å². The summed E-state index contributed by atoms with van der Waals surface area (Å²) in [5.74, 6) is 0. The molecule has 0 aliphatic carbocycles. The summed E-state index contributed by atoms with van der Waals surface area (Å²) in [5.41, 5.74) is 3.85. The summed E-state index contributed by atoms with van der Waals surface area (Å²) >= 11 is 0. The Morgan fingerprint density at radius 1 is 1.19 bits per heavy atom. The van der Waals surface area contributed by atoms with Crippen molar-refractivity contribution in [3.8, 4) is 0 Å². The van der Waals surface area contributed by atoms with Gasteiger partial charge in [-0.05, 0) is 46.2 Å². The van der Waals surface area contributed by atoms with Crippen molar-refractivity contribution in [3.63, 3.8) is 0 Å². The molecular formula is C15H21N3O2S. The summed E-state index contributed by atoms with van der Waals surface area (Å²) in [6.45, 7) is 10.1. The van der Waals surface area contributed by atoms with Crippen molar-refractivity contribution in [2.75, 3.05) is 4.72 Å². The van der Waals surface area contributed by atoms with Crippen molar-refractivity contribution in [3.05, 3.63) is 40.7 Å². The normalized spacial score (nSPS) is 11.7. The van der Waals surface area contributed by atoms with Crippen LogP contribution in [0, 0.1) is 27.7 Å². The van der Waals surface area contributed by atoms with E-state index in [2.05, 4.69) is 9.82 Å². The zero-order valence-electron chi connectivity index (χ0n) is 13.1. The van der Waals surface area contributed by atoms with E-state index in [0.717, 1.165) is 16.8 Å². The number of hydrogen-bond acceptors (Lipinski definition) is 3. The van der Waals surface area contributed by atoms with Gasteiger partial charge in [-0.2, -0.15) is 5.10 Å². The third-order valence-corrected chi connectivity index (χ3v) is 5.05. The Hall–Kier alpha value is -1.82. The van der Waals surface area contributed by atoms with Gasteiger partial charge < -0.3 is 0 Å². The average molecular weight is 307 g/mol. The van der Waals surface area contributed by atoms with E-state index in [1.54, 1.807) is 30.7 Å². The van der Waals surface area contributed by atoms with Gasteiger partial charge in [-0.3, -0.25) is 9.40 Å². The number of aryl methyl sites for hydroxylation is 4. The first kappa shape index (κ1) is 15.6. The monoisotopic (exact) mass is 307 g/mol. The molecule has 1 heterocycles. The van der Waals surface area contributed by atoms with Gasteiger partial charge in [0.15, 0.2) is 0 Å². The first-order valence-electron chi connectivity index (χ1n) is 6.90. The molecule has 0 saturated heterocycles. The van der Waals surface area contributed by atoms with E-state index < -0.39 is 10.0 Å². The largest absolute Gasteiger partial charge is 0.276 e. The van der Waals surface area contributed by atoms with Gasteiger partial charge in [0.2, 0.25) is 0 Å². The molecule has 1 aromatic carbocycles. The molecule has 5 nitrogen and oxygen atoms in total. The number of nitrogens with one attached hydrogen (secondary N) is 1. The number of benzene rings is 1. The van der Waals surface area contributed by atoms with E-state index in [1.807, 2.05) is 26.8 Å². The molecule has 0 saturated carbocycles. The van der Waals surface area contributed by atoms with Crippen LogP contribution in [0.5, 0.6) is 0 Å². The van der Waals surface area contributed by atoms with Crippen molar-refractivity contribution in [2.45, 2.75) is 46.1 Å². The van der Waals surface area contributed by atoms with E-state index in [9.17, 15) is 8.42 Å². The minimum atomic E-state index is -3.60. The minimum absolute atomic E-state index is 0.302. The predicted octanol–water partition coefficient (Wildman–Crippen LogP) is 2.94. The summed E-state index contributed by atoms with van der Waals surface area (Å²) in [6, 6.07) is 5.31. The lowest BCUT2D eigenvalue weighted by atomic mass is 10.2. The fourth-order valence-corrected chi connectivity index (χ4v) is 3.85. The smallest absolute Gasteiger partial charge is 0.262 e. The van der Waals surface area contributed by atoms with Crippen LogP contribution in [0.2, 0.25) is 0 Å². The van der Waals surface area contributed by atoms with Crippen molar-refractivity contribution in [2.24, 2.45) is 0 Å². The fourth-order valence-electron chi connectivity index (χ4n) is 2.44. The van der Waals surface area contributed by atoms with Gasteiger partial charge in [0.1, 0.15) is 0 Å². The van der Waals surface area contributed by atoms with Crippen LogP contribution < -0.4 is 4.72 Å². The van der Waals surface area contributed by atoms with Crippen LogP contribution in [-0.4, -0.2) is 18.2 Å². The number of nitrogens with zero attached hydrogens (tertiary/aromatic N) is 2. The maximum absolute atomic E-state index is 12.6. The van der Waals surface area contributed by atoms with Gasteiger partial charge in [-0.25, -0.2) is 8.42 Å². The number of rotatable bonds is 4. The van der Waals surface area contributed by atoms with Crippen LogP contribution >= 0.6 is 0 Å². The molecule has 21 heavy (non-hydrogen) atoms. The van der Waals surface area contributed by atoms with Gasteiger partial charge in [0, 0.05) is 6.54 Å². The van der Waals surface area contributed by atoms with Gasteiger partial charge in [0.25, 0.3) is 10.0 Å². The second kappa shape index (κ2) is 5.52. The molecule has 0 fully saturated rings. The summed E-state index contributed by atoms with van der Waals surface area (Å²) in [5, 5.41) is 4.33. The van der Waals surface area contributed by atoms with Gasteiger partial charge >= 0.3 is 0 Å². The Kier molecular flexibility index (Phi) is 4.09. The highest BCUT2D eigenvalue weighted by Crippen LogP contribution is 2.25. The summed E-state index contributed by atoms with van der Waals surface area (Å²) in [4.78, 5) is 0.302. The molecule has 2 aromatic rings. The number of aromatic nitrogens is 2. The average Bonchev–Trinajstić information content (AvgIpc) is 2.65. The highest BCUT2D eigenvalue weighted by atomic mass is 32.2. The van der Waals surface area contributed by atoms with Crippen LogP contribution in [0.1, 0.15) is 29.4 Å². The van der Waals surface area contributed by atoms with Crippen LogP contribution in [0.3, 0.4) is 0 Å². The number of sulfonamides is 1. The summed E-state index contributed by atoms with van der Waals surface area (Å²) in [7, 11) is -3.60. The van der Waals surface area contributed by atoms with Crippen LogP contribution in [0.4, 0.5) is 5.69 Å². The summed E-state index contributed by atoms with van der Waals surface area (Å²) in [6.07, 6.45) is 0. The van der Waals surface area contributed by atoms with E-state index in [-0.39, 0.29) is 0 Å². The fraction of sp³-hybridized carbons (Fsp3) is 0.400. The number of hydrogen-bond donors (Lipinski definition) is 1. The third-order valence-electron chi connectivity index (χ3n) is 3.54. The predicted molar refractivity (Wildman–Crippen MR) is 84.1 cm³/mol. The lowest BCUT2D eigenvalue weighted by molar-refractivity contribution is 0.600. The number of anilines is 1. The molecule has 0 aliphatic heterocycles. The Labute approximate surface area is 126 Å². The highest BCUT2D eigenvalue weighted by molar-refractivity contribution is 7.92. The van der Waals surface area contributed by atoms with Gasteiger partial charge in [0.05, 0.1) is 22.0 Å². The molecule has 0 aliphatic rings. The molecular weight excluding hydrogens is 286 g/mol. The topological polar surface area (TPSA) is 64.0 Å². The van der Waals surface area contributed by atoms with Crippen molar-refractivity contribution in [1.82, 2.24) is 9.78 Å². The standard InChI is InChI=1S/C15H21N3O2S/c1-6-18-13(5)15(12(4)16-18)17-21(19,20)14-8-7-10(2)9-11(14)3/h7-9,17H,6H2,1-5H3. The van der Waals surface area contributed by atoms with Crippen LogP contribution in [0.25, 0.3) is 0 Å². The molecule has 0 amide bonds. The molecule has 1 N–H and O–H groups in total. The van der Waals surface area contributed by atoms with Crippen LogP contribution in [0.15, 0.2) is 23.1 Å². The molecule has 0 bridgehead atoms. The second-order valence-electron chi connectivity index (χ2n) is 5.24. The maximum atomic E-state index is 12.6. The van der Waals surface area contributed by atoms with Gasteiger partial charge in [-0.1, -0.05) is 17.7 Å². The Balaban J connectivity index is 2.45. The van der Waals surface area contributed by atoms with E-state index in [0.29, 0.717) is 22.8 Å². The lowest BCUT2D eigenvalue weighted by Gasteiger charge is -2.11. The molecule has 0 spiro atoms. The van der Waals surface area contributed by atoms with Gasteiger partial charge in [-0.15, -0.1) is 0 Å². The molecule has 2 rings (SSSR count). The van der Waals surface area contributed by atoms with E-state index in [1.165, 1.54) is 0 Å². The third kappa shape index (κ3) is 2.95. The Morgan fingerprint density at radius 2 is 1.86 bits per heavy atom. The second-order valence-corrected chi connectivity index (χ2v) is 6.89. The molecule has 6 heteroatoms. The first-order chi connectivity index (χ1) is 9.76. The van der Waals surface area contributed by atoms with Crippen molar-refractivity contribution in [1.29, 1.82) is 0 Å². The molecule has 0 unspecified atom stereocenters. The quantitative estimate of drug-likeness (QED) is 0.944. The Morgan fingerprint density at radius 3 is 2.38 bits per heavy atom. The lowest BCUT2D eigenvalue weighted by Crippen LogP contribution is -2.15. The highest BCUT2D eigenvalue weighted by Gasteiger charge is 2.21. The molecule has 0 radical (unpaired) electrons. The molecule has 114 valence electrons. The molecule has 1 aromatic heterocycles. The maximum Gasteiger partial charge on any atom is 0.262 e. The zero-order valence-corrected chi connectivity index (χ0v) is 13.9. The van der Waals surface area contributed by atoms with E-state index in [4.69, 9.17) is 0 Å². The first-order valence-corrected chi connectivity index (χ1v) is 8.38.